The molecule has 27 heavy (non-hydrogen) atoms. The molecule has 0 atom stereocenters. The van der Waals surface area contributed by atoms with Crippen LogP contribution in [0.1, 0.15) is 30.5 Å². The second-order valence-electron chi connectivity index (χ2n) is 8.15. The van der Waals surface area contributed by atoms with Gasteiger partial charge in [-0.25, -0.2) is 4.57 Å². The quantitative estimate of drug-likeness (QED) is 0.323. The van der Waals surface area contributed by atoms with Crippen molar-refractivity contribution in [3.63, 3.8) is 0 Å². The highest BCUT2D eigenvalue weighted by molar-refractivity contribution is 7.17. The van der Waals surface area contributed by atoms with E-state index >= 15 is 0 Å². The van der Waals surface area contributed by atoms with Crippen molar-refractivity contribution in [2.75, 3.05) is 0 Å². The number of benzene rings is 2. The van der Waals surface area contributed by atoms with Gasteiger partial charge in [-0.2, -0.15) is 0 Å². The number of nitrogens with zero attached hydrogens (tertiary/aromatic N) is 1. The Morgan fingerprint density at radius 3 is 2.67 bits per heavy atom. The number of thiophene rings is 1. The van der Waals surface area contributed by atoms with E-state index in [0.717, 1.165) is 17.9 Å². The smallest absolute Gasteiger partial charge is 0.228 e. The van der Waals surface area contributed by atoms with Crippen LogP contribution < -0.4 is 9.30 Å². The lowest BCUT2D eigenvalue weighted by Gasteiger charge is -2.22. The van der Waals surface area contributed by atoms with Crippen LogP contribution in [0.15, 0.2) is 35.8 Å². The van der Waals surface area contributed by atoms with E-state index in [2.05, 4.69) is 75.2 Å². The van der Waals surface area contributed by atoms with Gasteiger partial charge in [0.25, 0.3) is 0 Å². The molecule has 1 aliphatic heterocycles. The molecule has 2 aromatic carbocycles. The number of ether oxygens (including phenoxy) is 1. The molecule has 0 saturated heterocycles. The first-order valence-corrected chi connectivity index (χ1v) is 10.5. The highest BCUT2D eigenvalue weighted by Crippen LogP contribution is 2.51. The van der Waals surface area contributed by atoms with E-state index in [1.165, 1.54) is 48.8 Å². The van der Waals surface area contributed by atoms with E-state index in [1.54, 1.807) is 11.3 Å². The van der Waals surface area contributed by atoms with Gasteiger partial charge < -0.3 is 4.74 Å². The van der Waals surface area contributed by atoms with Crippen LogP contribution in [0.25, 0.3) is 32.1 Å². The van der Waals surface area contributed by atoms with Gasteiger partial charge >= 0.3 is 0 Å². The van der Waals surface area contributed by atoms with Crippen LogP contribution in [0.3, 0.4) is 0 Å². The first kappa shape index (κ1) is 16.8. The number of pyridine rings is 1. The normalized spacial score (nSPS) is 12.7. The lowest BCUT2D eigenvalue weighted by atomic mass is 9.89. The lowest BCUT2D eigenvalue weighted by Crippen LogP contribution is -2.31. The number of aryl methyl sites for hydroxylation is 3. The van der Waals surface area contributed by atoms with Crippen molar-refractivity contribution in [2.24, 2.45) is 13.0 Å². The van der Waals surface area contributed by atoms with E-state index < -0.39 is 0 Å². The minimum Gasteiger partial charge on any atom is -0.454 e. The molecule has 3 heteroatoms. The summed E-state index contributed by atoms with van der Waals surface area (Å²) in [7, 11) is 2.13. The zero-order valence-electron chi connectivity index (χ0n) is 16.5. The van der Waals surface area contributed by atoms with E-state index in [1.807, 2.05) is 0 Å². The third-order valence-electron chi connectivity index (χ3n) is 5.75. The van der Waals surface area contributed by atoms with Gasteiger partial charge in [0.15, 0.2) is 11.9 Å². The van der Waals surface area contributed by atoms with Crippen molar-refractivity contribution >= 4 is 32.2 Å². The maximum absolute atomic E-state index is 6.48. The maximum Gasteiger partial charge on any atom is 0.228 e. The minimum atomic E-state index is 0.655. The summed E-state index contributed by atoms with van der Waals surface area (Å²) in [4.78, 5) is 0. The molecule has 0 N–H and O–H groups in total. The van der Waals surface area contributed by atoms with Gasteiger partial charge in [-0.3, -0.25) is 0 Å². The number of fused-ring (bicyclic) bond motifs is 3. The van der Waals surface area contributed by atoms with Crippen molar-refractivity contribution in [2.45, 2.75) is 34.1 Å². The molecule has 3 heterocycles. The molecular formula is C24H24NOS+. The maximum atomic E-state index is 6.48. The summed E-state index contributed by atoms with van der Waals surface area (Å²) in [5.74, 6) is 2.67. The van der Waals surface area contributed by atoms with Crippen LogP contribution in [-0.4, -0.2) is 0 Å². The molecule has 0 unspecified atom stereocenters. The molecule has 0 amide bonds. The van der Waals surface area contributed by atoms with E-state index in [4.69, 9.17) is 4.74 Å². The molecule has 2 aromatic heterocycles. The molecule has 136 valence electrons. The average Bonchev–Trinajstić information content (AvgIpc) is 3.05. The van der Waals surface area contributed by atoms with Crippen LogP contribution in [0.2, 0.25) is 0 Å². The van der Waals surface area contributed by atoms with Gasteiger partial charge in [0, 0.05) is 17.0 Å². The average molecular weight is 375 g/mol. The fraction of sp³-hybridized carbons (Fsp3) is 0.292. The van der Waals surface area contributed by atoms with E-state index in [0.29, 0.717) is 5.92 Å². The topological polar surface area (TPSA) is 13.1 Å². The van der Waals surface area contributed by atoms with Crippen molar-refractivity contribution in [3.8, 4) is 22.8 Å². The Morgan fingerprint density at radius 1 is 1.07 bits per heavy atom. The van der Waals surface area contributed by atoms with Crippen molar-refractivity contribution in [1.29, 1.82) is 0 Å². The largest absolute Gasteiger partial charge is 0.454 e. The predicted molar refractivity (Wildman–Crippen MR) is 114 cm³/mol. The number of rotatable bonds is 2. The molecule has 0 radical (unpaired) electrons. The zero-order valence-corrected chi connectivity index (χ0v) is 17.3. The Morgan fingerprint density at radius 2 is 1.89 bits per heavy atom. The number of hydrogen-bond donors (Lipinski definition) is 0. The first-order valence-electron chi connectivity index (χ1n) is 9.59. The molecule has 0 spiro atoms. The summed E-state index contributed by atoms with van der Waals surface area (Å²) in [6, 6.07) is 9.15. The molecule has 4 aromatic rings. The van der Waals surface area contributed by atoms with Crippen molar-refractivity contribution in [3.05, 3.63) is 52.5 Å². The molecule has 0 fully saturated rings. The number of hydrogen-bond acceptors (Lipinski definition) is 2. The second-order valence-corrected chi connectivity index (χ2v) is 9.06. The third-order valence-corrected chi connectivity index (χ3v) is 6.68. The van der Waals surface area contributed by atoms with Crippen LogP contribution in [0.4, 0.5) is 0 Å². The monoisotopic (exact) mass is 374 g/mol. The zero-order chi connectivity index (χ0) is 18.9. The Bertz CT molecular complexity index is 1230. The highest BCUT2D eigenvalue weighted by Gasteiger charge is 2.32. The van der Waals surface area contributed by atoms with Gasteiger partial charge in [0.05, 0.1) is 10.3 Å². The molecule has 0 bridgehead atoms. The Labute approximate surface area is 164 Å². The lowest BCUT2D eigenvalue weighted by molar-refractivity contribution is -0.659. The van der Waals surface area contributed by atoms with E-state index in [-0.39, 0.29) is 0 Å². The fourth-order valence-corrected chi connectivity index (χ4v) is 5.34. The fourth-order valence-electron chi connectivity index (χ4n) is 4.48. The molecule has 5 rings (SSSR count). The molecule has 0 aliphatic carbocycles. The van der Waals surface area contributed by atoms with Crippen molar-refractivity contribution in [1.82, 2.24) is 0 Å². The van der Waals surface area contributed by atoms with Gasteiger partial charge in [-0.1, -0.05) is 32.0 Å². The minimum absolute atomic E-state index is 0.655. The highest BCUT2D eigenvalue weighted by atomic mass is 32.1. The summed E-state index contributed by atoms with van der Waals surface area (Å²) in [6.45, 7) is 8.99. The summed E-state index contributed by atoms with van der Waals surface area (Å²) in [5.41, 5.74) is 6.47. The third kappa shape index (κ3) is 2.34. The molecule has 2 nitrogen and oxygen atoms in total. The van der Waals surface area contributed by atoms with Gasteiger partial charge in [-0.15, -0.1) is 11.3 Å². The molecular weight excluding hydrogens is 350 g/mol. The molecule has 0 saturated carbocycles. The van der Waals surface area contributed by atoms with Crippen molar-refractivity contribution < 1.29 is 9.30 Å². The van der Waals surface area contributed by atoms with Crippen LogP contribution in [0, 0.1) is 19.8 Å². The number of aromatic nitrogens is 1. The standard InChI is InChI=1S/C24H24NOS/c1-13(2)10-16-6-7-17-14(3)21-23-22-19(12-27-20(22)8-9-25(23)5)26-24(21)15(4)18(17)11-16/h6-9,11-13H,10H2,1-5H3/q+1. The van der Waals surface area contributed by atoms with Crippen LogP contribution >= 0.6 is 11.3 Å². The second kappa shape index (κ2) is 5.80. The SMILES string of the molecule is Cc1c2c(c(C)c3ccc(CC(C)C)cc13)-c1c3c(csc3cc[n+]1C)O2. The van der Waals surface area contributed by atoms with Crippen LogP contribution in [-0.2, 0) is 13.5 Å². The van der Waals surface area contributed by atoms with Crippen LogP contribution in [0.5, 0.6) is 11.5 Å². The van der Waals surface area contributed by atoms with Gasteiger partial charge in [0.1, 0.15) is 18.2 Å². The molecule has 1 aliphatic rings. The summed E-state index contributed by atoms with van der Waals surface area (Å²) in [6.07, 6.45) is 3.27. The van der Waals surface area contributed by atoms with Gasteiger partial charge in [0.2, 0.25) is 5.69 Å². The Kier molecular flexibility index (Phi) is 3.60. The summed E-state index contributed by atoms with van der Waals surface area (Å²) in [5, 5.41) is 6.04. The van der Waals surface area contributed by atoms with E-state index in [9.17, 15) is 0 Å². The summed E-state index contributed by atoms with van der Waals surface area (Å²) < 4.78 is 10.0. The Hall–Kier alpha value is -2.39. The predicted octanol–water partition coefficient (Wildman–Crippen LogP) is 6.47. The first-order chi connectivity index (χ1) is 13.0. The summed E-state index contributed by atoms with van der Waals surface area (Å²) >= 11 is 1.76. The Balaban J connectivity index is 1.87. The van der Waals surface area contributed by atoms with Gasteiger partial charge in [-0.05, 0) is 48.1 Å².